The minimum absolute atomic E-state index is 0.0826. The van der Waals surface area contributed by atoms with Gasteiger partial charge in [-0.05, 0) is 37.1 Å². The number of hydrogen-bond acceptors (Lipinski definition) is 4. The van der Waals surface area contributed by atoms with Crippen molar-refractivity contribution in [3.63, 3.8) is 0 Å². The molecule has 2 fully saturated rings. The van der Waals surface area contributed by atoms with Crippen LogP contribution in [0.2, 0.25) is 0 Å². The number of pyridine rings is 1. The minimum Gasteiger partial charge on any atom is -0.383 e. The van der Waals surface area contributed by atoms with Crippen LogP contribution in [0.5, 0.6) is 0 Å². The average molecular weight is 326 g/mol. The SMILES string of the molecule is O=C(c1ccc[nH]1)N1CCOC2C(CNc3cccnc3)CCC21. The molecule has 0 aromatic carbocycles. The lowest BCUT2D eigenvalue weighted by Gasteiger charge is -2.39. The normalized spacial score (nSPS) is 26.2. The molecule has 24 heavy (non-hydrogen) atoms. The lowest BCUT2D eigenvalue weighted by atomic mass is 10.0. The number of anilines is 1. The van der Waals surface area contributed by atoms with E-state index in [4.69, 9.17) is 4.74 Å². The lowest BCUT2D eigenvalue weighted by Crippen LogP contribution is -2.53. The first-order chi connectivity index (χ1) is 11.8. The molecule has 1 amide bonds. The van der Waals surface area contributed by atoms with Gasteiger partial charge in [0.25, 0.3) is 5.91 Å². The molecule has 6 heteroatoms. The van der Waals surface area contributed by atoms with E-state index >= 15 is 0 Å². The Morgan fingerprint density at radius 2 is 2.33 bits per heavy atom. The van der Waals surface area contributed by atoms with Crippen LogP contribution in [0.15, 0.2) is 42.9 Å². The zero-order valence-corrected chi connectivity index (χ0v) is 13.5. The molecule has 0 spiro atoms. The van der Waals surface area contributed by atoms with Gasteiger partial charge in [-0.3, -0.25) is 9.78 Å². The summed E-state index contributed by atoms with van der Waals surface area (Å²) in [5, 5.41) is 3.44. The number of rotatable bonds is 4. The molecule has 2 aromatic rings. The van der Waals surface area contributed by atoms with Crippen LogP contribution in [-0.4, -0.2) is 52.6 Å². The lowest BCUT2D eigenvalue weighted by molar-refractivity contribution is -0.0603. The van der Waals surface area contributed by atoms with Gasteiger partial charge in [0, 0.05) is 37.6 Å². The van der Waals surface area contributed by atoms with Crippen LogP contribution < -0.4 is 5.32 Å². The highest BCUT2D eigenvalue weighted by molar-refractivity contribution is 5.92. The van der Waals surface area contributed by atoms with E-state index in [0.29, 0.717) is 24.8 Å². The van der Waals surface area contributed by atoms with Gasteiger partial charge in [0.1, 0.15) is 5.69 Å². The third-order valence-electron chi connectivity index (χ3n) is 5.04. The standard InChI is InChI=1S/C18H22N4O2/c23-18(15-4-2-8-20-15)22-9-10-24-17-13(5-6-16(17)22)11-21-14-3-1-7-19-12-14/h1-4,7-8,12-13,16-17,20-21H,5-6,9-11H2. The molecule has 0 radical (unpaired) electrons. The number of hydrogen-bond donors (Lipinski definition) is 2. The maximum atomic E-state index is 12.7. The summed E-state index contributed by atoms with van der Waals surface area (Å²) in [6.07, 6.45) is 7.57. The molecule has 3 heterocycles. The maximum absolute atomic E-state index is 12.7. The number of nitrogens with one attached hydrogen (secondary N) is 2. The van der Waals surface area contributed by atoms with Crippen LogP contribution >= 0.6 is 0 Å². The Morgan fingerprint density at radius 3 is 3.12 bits per heavy atom. The zero-order valence-electron chi connectivity index (χ0n) is 13.5. The predicted molar refractivity (Wildman–Crippen MR) is 90.8 cm³/mol. The first kappa shape index (κ1) is 15.2. The van der Waals surface area contributed by atoms with E-state index in [9.17, 15) is 4.79 Å². The van der Waals surface area contributed by atoms with Crippen LogP contribution in [0.25, 0.3) is 0 Å². The summed E-state index contributed by atoms with van der Waals surface area (Å²) in [5.74, 6) is 0.494. The summed E-state index contributed by atoms with van der Waals surface area (Å²) in [7, 11) is 0. The fourth-order valence-electron chi connectivity index (χ4n) is 3.87. The molecule has 3 atom stereocenters. The Hall–Kier alpha value is -2.34. The smallest absolute Gasteiger partial charge is 0.270 e. The van der Waals surface area contributed by atoms with Crippen molar-refractivity contribution >= 4 is 11.6 Å². The second-order valence-corrected chi connectivity index (χ2v) is 6.45. The minimum atomic E-state index is 0.0826. The van der Waals surface area contributed by atoms with E-state index in [-0.39, 0.29) is 18.1 Å². The topological polar surface area (TPSA) is 70.2 Å². The third kappa shape index (κ3) is 2.89. The number of carbonyl (C=O) groups is 1. The number of H-pyrrole nitrogens is 1. The van der Waals surface area contributed by atoms with Crippen LogP contribution in [-0.2, 0) is 4.74 Å². The second-order valence-electron chi connectivity index (χ2n) is 6.45. The average Bonchev–Trinajstić information content (AvgIpc) is 3.30. The van der Waals surface area contributed by atoms with Gasteiger partial charge < -0.3 is 19.9 Å². The van der Waals surface area contributed by atoms with Crippen molar-refractivity contribution in [2.24, 2.45) is 5.92 Å². The number of amides is 1. The summed E-state index contributed by atoms with van der Waals surface area (Å²) in [4.78, 5) is 21.8. The Labute approximate surface area is 141 Å². The Balaban J connectivity index is 1.42. The molecule has 126 valence electrons. The molecule has 2 aliphatic rings. The first-order valence-electron chi connectivity index (χ1n) is 8.53. The maximum Gasteiger partial charge on any atom is 0.270 e. The van der Waals surface area contributed by atoms with Crippen molar-refractivity contribution in [2.45, 2.75) is 25.0 Å². The van der Waals surface area contributed by atoms with Crippen LogP contribution in [0, 0.1) is 5.92 Å². The Morgan fingerprint density at radius 1 is 1.38 bits per heavy atom. The van der Waals surface area contributed by atoms with Crippen molar-refractivity contribution in [3.05, 3.63) is 48.5 Å². The van der Waals surface area contributed by atoms with Crippen LogP contribution in [0.4, 0.5) is 5.69 Å². The Bertz CT molecular complexity index is 674. The van der Waals surface area contributed by atoms with E-state index < -0.39 is 0 Å². The van der Waals surface area contributed by atoms with Crippen molar-refractivity contribution in [1.29, 1.82) is 0 Å². The number of aromatic amines is 1. The van der Waals surface area contributed by atoms with E-state index in [1.165, 1.54) is 0 Å². The molecule has 2 aromatic heterocycles. The molecule has 6 nitrogen and oxygen atoms in total. The van der Waals surface area contributed by atoms with Crippen molar-refractivity contribution in [2.75, 3.05) is 25.0 Å². The van der Waals surface area contributed by atoms with Gasteiger partial charge in [-0.2, -0.15) is 0 Å². The summed E-state index contributed by atoms with van der Waals surface area (Å²) in [6, 6.07) is 7.81. The molecular formula is C18H22N4O2. The van der Waals surface area contributed by atoms with Crippen molar-refractivity contribution in [1.82, 2.24) is 14.9 Å². The fourth-order valence-corrected chi connectivity index (χ4v) is 3.87. The molecule has 1 aliphatic heterocycles. The molecule has 1 aliphatic carbocycles. The van der Waals surface area contributed by atoms with Crippen LogP contribution in [0.1, 0.15) is 23.3 Å². The van der Waals surface area contributed by atoms with Gasteiger partial charge in [-0.1, -0.05) is 0 Å². The van der Waals surface area contributed by atoms with E-state index in [2.05, 4.69) is 15.3 Å². The number of ether oxygens (including phenoxy) is 1. The second kappa shape index (κ2) is 6.65. The summed E-state index contributed by atoms with van der Waals surface area (Å²) in [5.41, 5.74) is 1.68. The first-order valence-corrected chi connectivity index (χ1v) is 8.53. The van der Waals surface area contributed by atoms with Crippen LogP contribution in [0.3, 0.4) is 0 Å². The summed E-state index contributed by atoms with van der Waals surface area (Å²) in [6.45, 7) is 2.12. The molecule has 4 rings (SSSR count). The zero-order chi connectivity index (χ0) is 16.4. The van der Waals surface area contributed by atoms with Gasteiger partial charge in [-0.25, -0.2) is 0 Å². The number of nitrogens with zero attached hydrogens (tertiary/aromatic N) is 2. The van der Waals surface area contributed by atoms with E-state index in [1.807, 2.05) is 35.4 Å². The third-order valence-corrected chi connectivity index (χ3v) is 5.04. The number of morpholine rings is 1. The van der Waals surface area contributed by atoms with Crippen molar-refractivity contribution in [3.8, 4) is 0 Å². The molecule has 1 saturated carbocycles. The van der Waals surface area contributed by atoms with Gasteiger partial charge in [-0.15, -0.1) is 0 Å². The highest BCUT2D eigenvalue weighted by atomic mass is 16.5. The molecule has 1 saturated heterocycles. The van der Waals surface area contributed by atoms with Gasteiger partial charge in [0.15, 0.2) is 0 Å². The predicted octanol–water partition coefficient (Wildman–Crippen LogP) is 2.14. The fraction of sp³-hybridized carbons (Fsp3) is 0.444. The molecule has 3 unspecified atom stereocenters. The highest BCUT2D eigenvalue weighted by Gasteiger charge is 2.44. The van der Waals surface area contributed by atoms with Crippen molar-refractivity contribution < 1.29 is 9.53 Å². The van der Waals surface area contributed by atoms with Gasteiger partial charge in [0.05, 0.1) is 24.4 Å². The largest absolute Gasteiger partial charge is 0.383 e. The molecule has 0 bridgehead atoms. The molecule has 2 N–H and O–H groups in total. The number of fused-ring (bicyclic) bond motifs is 1. The van der Waals surface area contributed by atoms with E-state index in [1.54, 1.807) is 12.4 Å². The summed E-state index contributed by atoms with van der Waals surface area (Å²) < 4.78 is 6.04. The Kier molecular flexibility index (Phi) is 4.21. The van der Waals surface area contributed by atoms with E-state index in [0.717, 1.165) is 25.1 Å². The summed E-state index contributed by atoms with van der Waals surface area (Å²) >= 11 is 0. The quantitative estimate of drug-likeness (QED) is 0.903. The number of carbonyl (C=O) groups excluding carboxylic acids is 1. The van der Waals surface area contributed by atoms with Gasteiger partial charge >= 0.3 is 0 Å². The van der Waals surface area contributed by atoms with Gasteiger partial charge in [0.2, 0.25) is 0 Å². The monoisotopic (exact) mass is 326 g/mol. The highest BCUT2D eigenvalue weighted by Crippen LogP contribution is 2.35. The molecular weight excluding hydrogens is 304 g/mol. The number of aromatic nitrogens is 2.